The molecule has 0 amide bonds. The standard InChI is InChI=1S/C23H32O6.C19H26O6.C18H26O4.C17H24O4S.CH2Cl2.4CH4.Na.H2O/c1-8-9-10-23(19(25)28-22(5,6)29-20(23)26)14-15-11-16(18(24)27-7)13-17(12-15)21(2,3)4;1-5-6-7-19(16(22)23,17(24)25)11-12-8-13(15(20)21)10-14(9-12)18(2,3)4;1-5-6-7-13(16(19)20)8-12-9-14(17(21)22)11-15(10-12)18(2,3)4;1-17(2,3)14-9-11(8-13(10-14)16(20)21)7-12(15(18)19)5-4-6-22;2-1-3;;;;;;/h11-13H,8-10,14H2,1-7H3;8-10H,5-7,11H2,1-4H3,(H,20,21)(H,22,23)(H,24,25);9-11,13H,5-8H2,1-4H3,(H,19,20)(H,21,22);8-10,12,22H,4-7H2,1-3H3,(H,18,19)(H,20,21);1H2;4*1H4;;1H2/q;;;;;;;;;+1;/p-1. The average Bonchev–Trinajstić information content (AvgIpc) is 0.758. The summed E-state index contributed by atoms with van der Waals surface area (Å²) in [5.41, 5.74) is 2.64. The number of benzene rings is 4. The summed E-state index contributed by atoms with van der Waals surface area (Å²) < 4.78 is 15.8. The Morgan fingerprint density at radius 1 is 0.486 bits per heavy atom. The van der Waals surface area contributed by atoms with Crippen LogP contribution in [0.2, 0.25) is 0 Å². The molecule has 1 fully saturated rings. The van der Waals surface area contributed by atoms with Gasteiger partial charge in [0.25, 0.3) is 5.79 Å². The Bertz CT molecular complexity index is 3370. The molecule has 0 radical (unpaired) electrons. The second kappa shape index (κ2) is 49.6. The van der Waals surface area contributed by atoms with Gasteiger partial charge in [-0.25, -0.2) is 19.2 Å². The predicted octanol–water partition coefficient (Wildman–Crippen LogP) is 16.4. The Hall–Kier alpha value is -6.53. The Kier molecular flexibility index (Phi) is 51.6. The van der Waals surface area contributed by atoms with Crippen molar-refractivity contribution in [1.29, 1.82) is 0 Å². The number of alkyl halides is 2. The summed E-state index contributed by atoms with van der Waals surface area (Å²) in [6.45, 7) is 32.9. The van der Waals surface area contributed by atoms with E-state index in [-0.39, 0.29) is 128 Å². The van der Waals surface area contributed by atoms with Gasteiger partial charge in [0, 0.05) is 13.8 Å². The number of hydrogen-bond donors (Lipinski definition) is 8. The number of rotatable bonds is 28. The maximum atomic E-state index is 13.0. The number of carboxylic acids is 7. The van der Waals surface area contributed by atoms with Crippen LogP contribution in [-0.2, 0) is 90.3 Å². The molecule has 4 aromatic rings. The molecular weight excluding hydrogens is 1450 g/mol. The number of halogens is 2. The van der Waals surface area contributed by atoms with Gasteiger partial charge in [-0.2, -0.15) is 12.6 Å². The van der Waals surface area contributed by atoms with Crippen LogP contribution in [0.1, 0.15) is 304 Å². The maximum absolute atomic E-state index is 13.0. The molecule has 0 aromatic heterocycles. The summed E-state index contributed by atoms with van der Waals surface area (Å²) in [5.74, 6) is -10.8. The molecule has 1 saturated heterocycles. The summed E-state index contributed by atoms with van der Waals surface area (Å²) >= 11 is 13.6. The summed E-state index contributed by atoms with van der Waals surface area (Å²) in [4.78, 5) is 119. The quantitative estimate of drug-likeness (QED) is 0.00861. The molecule has 602 valence electrons. The summed E-state index contributed by atoms with van der Waals surface area (Å²) in [7, 11) is 1.33. The second-order valence-corrected chi connectivity index (χ2v) is 31.4. The van der Waals surface area contributed by atoms with E-state index in [4.69, 9.17) is 37.4 Å². The normalized spacial score (nSPS) is 13.2. The first-order chi connectivity index (χ1) is 46.5. The fourth-order valence-corrected chi connectivity index (χ4v) is 11.1. The van der Waals surface area contributed by atoms with E-state index in [9.17, 15) is 83.7 Å². The number of thiol groups is 1. The van der Waals surface area contributed by atoms with Crippen molar-refractivity contribution in [2.75, 3.05) is 18.2 Å². The van der Waals surface area contributed by atoms with E-state index in [2.05, 4.69) is 12.6 Å². The van der Waals surface area contributed by atoms with E-state index < -0.39 is 88.1 Å². The van der Waals surface area contributed by atoms with E-state index >= 15 is 0 Å². The van der Waals surface area contributed by atoms with E-state index in [0.29, 0.717) is 73.8 Å². The molecule has 0 saturated carbocycles. The number of carboxylic acid groups (broad SMARTS) is 7. The van der Waals surface area contributed by atoms with Gasteiger partial charge >= 0.3 is 89.3 Å². The van der Waals surface area contributed by atoms with Crippen LogP contribution in [0.15, 0.2) is 72.8 Å². The minimum absolute atomic E-state index is 0. The number of esters is 3. The average molecular weight is 1570 g/mol. The molecule has 1 aliphatic rings. The number of carbonyl (C=O) groups excluding carboxylic acids is 3. The number of aliphatic carboxylic acids is 4. The van der Waals surface area contributed by atoms with Crippen molar-refractivity contribution < 1.29 is 133 Å². The van der Waals surface area contributed by atoms with Gasteiger partial charge in [0.15, 0.2) is 10.8 Å². The van der Waals surface area contributed by atoms with Crippen LogP contribution in [0.3, 0.4) is 0 Å². The van der Waals surface area contributed by atoms with Crippen molar-refractivity contribution in [2.45, 2.75) is 271 Å². The van der Waals surface area contributed by atoms with E-state index in [1.165, 1.54) is 13.2 Å². The van der Waals surface area contributed by atoms with Gasteiger partial charge in [0.2, 0.25) is 0 Å². The Balaban J connectivity index is -0.000000310. The minimum atomic E-state index is -1.96. The molecule has 21 nitrogen and oxygen atoms in total. The fourth-order valence-electron chi connectivity index (χ4n) is 10.9. The van der Waals surface area contributed by atoms with E-state index in [1.807, 2.05) is 122 Å². The first kappa shape index (κ1) is 111. The number of carbonyl (C=O) groups is 10. The molecule has 2 atom stereocenters. The summed E-state index contributed by atoms with van der Waals surface area (Å²) in [5, 5.41) is 65.9. The predicted molar refractivity (Wildman–Crippen MR) is 423 cm³/mol. The second-order valence-electron chi connectivity index (χ2n) is 30.2. The van der Waals surface area contributed by atoms with Gasteiger partial charge in [0.1, 0.15) is 0 Å². The van der Waals surface area contributed by atoms with Crippen LogP contribution in [0.4, 0.5) is 0 Å². The zero-order valence-electron chi connectivity index (χ0n) is 63.7. The third-order valence-electron chi connectivity index (χ3n) is 17.1. The zero-order chi connectivity index (χ0) is 78.0. The topological polar surface area (TPSA) is 370 Å². The van der Waals surface area contributed by atoms with Gasteiger partial charge < -0.3 is 55.4 Å². The Morgan fingerprint density at radius 3 is 1.09 bits per heavy atom. The molecule has 1 aliphatic heterocycles. The fraction of sp³-hybridized carbons (Fsp3) is 0.585. The van der Waals surface area contributed by atoms with E-state index in [0.717, 1.165) is 59.1 Å². The molecule has 8 N–H and O–H groups in total. The van der Waals surface area contributed by atoms with Crippen LogP contribution in [0.25, 0.3) is 0 Å². The molecule has 0 bridgehead atoms. The summed E-state index contributed by atoms with van der Waals surface area (Å²) in [6.07, 6.45) is 7.22. The van der Waals surface area contributed by atoms with Crippen LogP contribution in [0.5, 0.6) is 0 Å². The smallest absolute Gasteiger partial charge is 0.870 e. The number of unbranched alkanes of at least 4 members (excludes halogenated alkanes) is 3. The van der Waals surface area contributed by atoms with Gasteiger partial charge in [-0.1, -0.05) is 196 Å². The van der Waals surface area contributed by atoms with Gasteiger partial charge in [-0.15, -0.1) is 23.2 Å². The van der Waals surface area contributed by atoms with E-state index in [1.54, 1.807) is 62.4 Å². The van der Waals surface area contributed by atoms with Crippen molar-refractivity contribution in [3.8, 4) is 0 Å². The first-order valence-corrected chi connectivity index (χ1v) is 35.7. The van der Waals surface area contributed by atoms with Crippen molar-refractivity contribution in [2.24, 2.45) is 22.7 Å². The number of cyclic esters (lactones) is 2. The van der Waals surface area contributed by atoms with Crippen molar-refractivity contribution in [3.05, 3.63) is 140 Å². The summed E-state index contributed by atoms with van der Waals surface area (Å²) in [6, 6.07) is 20.4. The third-order valence-corrected chi connectivity index (χ3v) is 17.4. The van der Waals surface area contributed by atoms with Crippen LogP contribution >= 0.6 is 35.8 Å². The van der Waals surface area contributed by atoms with Crippen LogP contribution < -0.4 is 29.6 Å². The first-order valence-electron chi connectivity index (χ1n) is 34.0. The number of ether oxygens (including phenoxy) is 3. The number of methoxy groups -OCH3 is 1. The molecule has 4 aromatic carbocycles. The van der Waals surface area contributed by atoms with Crippen molar-refractivity contribution in [3.63, 3.8) is 0 Å². The maximum Gasteiger partial charge on any atom is 1.00 e. The number of hydrogen-bond acceptors (Lipinski definition) is 15. The van der Waals surface area contributed by atoms with Crippen molar-refractivity contribution in [1.82, 2.24) is 0 Å². The zero-order valence-corrected chi connectivity index (χ0v) is 68.1. The Labute approximate surface area is 675 Å². The SMILES string of the molecule is C.C.C.C.CC(C)(C)c1cc(CC(CCCS)C(=O)O)cc(C(=O)O)c1.CCCCC(Cc1cc(C(=O)O)cc(C(C)(C)C)c1)(C(=O)O)C(=O)O.CCCCC(Cc1cc(C(=O)O)cc(C(C)(C)C)c1)C(=O)O.CCCCC1(Cc2cc(C(=O)OC)cc(C(C)(C)C)c2)C(=O)OC(C)(C)OC1=O.ClCCl.[Na+].[OH-]. The van der Waals surface area contributed by atoms with Crippen molar-refractivity contribution >= 4 is 95.5 Å². The molecule has 0 spiro atoms. The Morgan fingerprint density at radius 2 is 0.794 bits per heavy atom. The molecule has 107 heavy (non-hydrogen) atoms. The van der Waals surface area contributed by atoms with Gasteiger partial charge in [-0.05, 0) is 178 Å². The van der Waals surface area contributed by atoms with Gasteiger partial charge in [-0.3, -0.25) is 28.8 Å². The third kappa shape index (κ3) is 36.2. The molecule has 1 heterocycles. The largest absolute Gasteiger partial charge is 1.00 e. The molecule has 0 aliphatic carbocycles. The molecule has 5 rings (SSSR count). The van der Waals surface area contributed by atoms with Gasteiger partial charge in [0.05, 0.1) is 46.5 Å². The van der Waals surface area contributed by atoms with Crippen LogP contribution in [0, 0.1) is 22.7 Å². The molecule has 2 unspecified atom stereocenters. The number of aromatic carboxylic acids is 3. The van der Waals surface area contributed by atoms with Crippen LogP contribution in [-0.4, -0.2) is 125 Å². The monoisotopic (exact) mass is 1570 g/mol. The molecular formula is C82H127Cl2NaO21S. The molecule has 25 heteroatoms. The minimum Gasteiger partial charge on any atom is -0.870 e.